The molecule has 164 valence electrons. The van der Waals surface area contributed by atoms with E-state index in [4.69, 9.17) is 4.74 Å². The van der Waals surface area contributed by atoms with Gasteiger partial charge in [-0.2, -0.15) is 5.10 Å². The molecule has 0 fully saturated rings. The highest BCUT2D eigenvalue weighted by molar-refractivity contribution is 6.03. The zero-order valence-electron chi connectivity index (χ0n) is 18.8. The van der Waals surface area contributed by atoms with Gasteiger partial charge in [0.05, 0.1) is 17.1 Å². The van der Waals surface area contributed by atoms with Crippen LogP contribution in [0.15, 0.2) is 36.5 Å². The van der Waals surface area contributed by atoms with E-state index in [9.17, 15) is 9.59 Å². The Bertz CT molecular complexity index is 1080. The molecule has 0 radical (unpaired) electrons. The van der Waals surface area contributed by atoms with Gasteiger partial charge in [-0.05, 0) is 50.1 Å². The number of amides is 1. The molecule has 0 atom stereocenters. The second kappa shape index (κ2) is 9.16. The number of hydrogen-bond acceptors (Lipinski definition) is 6. The molecule has 3 aromatic rings. The fraction of sp³-hybridized carbons (Fsp3) is 0.391. The molecule has 0 bridgehead atoms. The summed E-state index contributed by atoms with van der Waals surface area (Å²) >= 11 is 0. The van der Waals surface area contributed by atoms with Crippen molar-refractivity contribution in [1.82, 2.24) is 14.8 Å². The summed E-state index contributed by atoms with van der Waals surface area (Å²) in [7, 11) is 3.89. The van der Waals surface area contributed by atoms with E-state index in [0.29, 0.717) is 22.3 Å². The number of ether oxygens (including phenoxy) is 1. The molecule has 1 N–H and O–H groups in total. The number of carbonyl (C=O) groups excluding carboxylic acids is 2. The Morgan fingerprint density at radius 1 is 1.13 bits per heavy atom. The summed E-state index contributed by atoms with van der Waals surface area (Å²) in [6.45, 7) is 7.64. The quantitative estimate of drug-likeness (QED) is 0.578. The Morgan fingerprint density at radius 3 is 2.39 bits per heavy atom. The second-order valence-electron chi connectivity index (χ2n) is 8.24. The van der Waals surface area contributed by atoms with Crippen LogP contribution in [0.5, 0.6) is 0 Å². The highest BCUT2D eigenvalue weighted by atomic mass is 16.5. The number of rotatable bonds is 7. The molecule has 0 aliphatic carbocycles. The van der Waals surface area contributed by atoms with Gasteiger partial charge in [-0.1, -0.05) is 13.8 Å². The maximum Gasteiger partial charge on any atom is 0.339 e. The van der Waals surface area contributed by atoms with Gasteiger partial charge < -0.3 is 15.0 Å². The first kappa shape index (κ1) is 22.3. The standard InChI is InChI=1S/C23H29N5O3/c1-14(2)20-11-18(19-12-24-28(15(3)4)22(19)26-20)23(30)31-13-21(29)25-16-7-9-17(10-8-16)27(5)6/h7-12,14-15H,13H2,1-6H3,(H,25,29). The molecule has 0 aliphatic rings. The number of fused-ring (bicyclic) bond motifs is 1. The lowest BCUT2D eigenvalue weighted by molar-refractivity contribution is -0.119. The summed E-state index contributed by atoms with van der Waals surface area (Å²) in [5, 5.41) is 7.72. The highest BCUT2D eigenvalue weighted by Crippen LogP contribution is 2.25. The molecule has 0 unspecified atom stereocenters. The van der Waals surface area contributed by atoms with Gasteiger partial charge >= 0.3 is 5.97 Å². The number of hydrogen-bond donors (Lipinski definition) is 1. The zero-order chi connectivity index (χ0) is 22.7. The van der Waals surface area contributed by atoms with Crippen LogP contribution in [-0.2, 0) is 9.53 Å². The largest absolute Gasteiger partial charge is 0.452 e. The molecule has 8 nitrogen and oxygen atoms in total. The number of esters is 1. The molecule has 1 aromatic carbocycles. The number of benzene rings is 1. The van der Waals surface area contributed by atoms with Gasteiger partial charge in [0.2, 0.25) is 0 Å². The van der Waals surface area contributed by atoms with Gasteiger partial charge in [0.1, 0.15) is 0 Å². The van der Waals surface area contributed by atoms with Crippen molar-refractivity contribution in [1.29, 1.82) is 0 Å². The lowest BCUT2D eigenvalue weighted by Crippen LogP contribution is -2.21. The van der Waals surface area contributed by atoms with Crippen LogP contribution in [0.3, 0.4) is 0 Å². The van der Waals surface area contributed by atoms with Gasteiger partial charge in [0, 0.05) is 37.2 Å². The summed E-state index contributed by atoms with van der Waals surface area (Å²) in [5.74, 6) is -0.853. The fourth-order valence-electron chi connectivity index (χ4n) is 3.13. The molecule has 0 spiro atoms. The Kier molecular flexibility index (Phi) is 6.58. The number of nitrogens with one attached hydrogen (secondary N) is 1. The molecule has 31 heavy (non-hydrogen) atoms. The van der Waals surface area contributed by atoms with E-state index in [1.807, 2.05) is 58.8 Å². The minimum atomic E-state index is -0.573. The number of nitrogens with zero attached hydrogens (tertiary/aromatic N) is 4. The Labute approximate surface area is 182 Å². The summed E-state index contributed by atoms with van der Waals surface area (Å²) in [5.41, 5.74) is 3.43. The highest BCUT2D eigenvalue weighted by Gasteiger charge is 2.20. The van der Waals surface area contributed by atoms with E-state index >= 15 is 0 Å². The minimum Gasteiger partial charge on any atom is -0.452 e. The number of pyridine rings is 1. The average Bonchev–Trinajstić information content (AvgIpc) is 3.16. The van der Waals surface area contributed by atoms with Gasteiger partial charge in [-0.15, -0.1) is 0 Å². The van der Waals surface area contributed by atoms with Gasteiger partial charge in [0.15, 0.2) is 12.3 Å². The van der Waals surface area contributed by atoms with Crippen molar-refractivity contribution < 1.29 is 14.3 Å². The number of aromatic nitrogens is 3. The first-order chi connectivity index (χ1) is 14.7. The molecule has 2 heterocycles. The van der Waals surface area contributed by atoms with Crippen LogP contribution in [0.2, 0.25) is 0 Å². The normalized spacial score (nSPS) is 11.2. The summed E-state index contributed by atoms with van der Waals surface area (Å²) < 4.78 is 7.09. The predicted molar refractivity (Wildman–Crippen MR) is 122 cm³/mol. The van der Waals surface area contributed by atoms with Crippen LogP contribution < -0.4 is 10.2 Å². The van der Waals surface area contributed by atoms with E-state index in [1.54, 1.807) is 29.1 Å². The van der Waals surface area contributed by atoms with E-state index in [-0.39, 0.29) is 18.6 Å². The lowest BCUT2D eigenvalue weighted by atomic mass is 10.1. The van der Waals surface area contributed by atoms with Crippen LogP contribution in [0.25, 0.3) is 11.0 Å². The molecule has 8 heteroatoms. The maximum absolute atomic E-state index is 12.8. The molecule has 2 aromatic heterocycles. The third kappa shape index (κ3) is 5.02. The van der Waals surface area contributed by atoms with Gasteiger partial charge in [-0.25, -0.2) is 14.5 Å². The third-order valence-electron chi connectivity index (χ3n) is 4.89. The van der Waals surface area contributed by atoms with Crippen LogP contribution in [0, 0.1) is 0 Å². The smallest absolute Gasteiger partial charge is 0.339 e. The second-order valence-corrected chi connectivity index (χ2v) is 8.24. The Balaban J connectivity index is 1.74. The number of carbonyl (C=O) groups is 2. The first-order valence-electron chi connectivity index (χ1n) is 10.3. The molecule has 0 saturated heterocycles. The molecular formula is C23H29N5O3. The monoisotopic (exact) mass is 423 g/mol. The van der Waals surface area contributed by atoms with Crippen LogP contribution in [0.1, 0.15) is 55.7 Å². The van der Waals surface area contributed by atoms with Crippen molar-refractivity contribution in [2.45, 2.75) is 39.7 Å². The van der Waals surface area contributed by atoms with Crippen molar-refractivity contribution in [3.63, 3.8) is 0 Å². The average molecular weight is 424 g/mol. The maximum atomic E-state index is 12.8. The van der Waals surface area contributed by atoms with E-state index in [1.165, 1.54) is 0 Å². The van der Waals surface area contributed by atoms with Crippen molar-refractivity contribution in [2.75, 3.05) is 30.9 Å². The lowest BCUT2D eigenvalue weighted by Gasteiger charge is -2.13. The molecule has 0 aliphatic heterocycles. The van der Waals surface area contributed by atoms with Crippen LogP contribution in [-0.4, -0.2) is 47.3 Å². The summed E-state index contributed by atoms with van der Waals surface area (Å²) in [6.07, 6.45) is 1.62. The van der Waals surface area contributed by atoms with E-state index in [0.717, 1.165) is 11.4 Å². The third-order valence-corrected chi connectivity index (χ3v) is 4.89. The molecular weight excluding hydrogens is 394 g/mol. The fourth-order valence-corrected chi connectivity index (χ4v) is 3.13. The predicted octanol–water partition coefficient (Wildman–Crippen LogP) is 4.00. The van der Waals surface area contributed by atoms with Gasteiger partial charge in [0.25, 0.3) is 5.91 Å². The SMILES string of the molecule is CC(C)c1cc(C(=O)OCC(=O)Nc2ccc(N(C)C)cc2)c2cnn(C(C)C)c2n1. The zero-order valence-corrected chi connectivity index (χ0v) is 18.8. The number of anilines is 2. The van der Waals surface area contributed by atoms with Crippen molar-refractivity contribution in [3.05, 3.63) is 47.8 Å². The summed E-state index contributed by atoms with van der Waals surface area (Å²) in [6, 6.07) is 9.22. The topological polar surface area (TPSA) is 89.4 Å². The van der Waals surface area contributed by atoms with Crippen molar-refractivity contribution in [2.24, 2.45) is 0 Å². The Morgan fingerprint density at radius 2 is 1.81 bits per heavy atom. The van der Waals surface area contributed by atoms with E-state index in [2.05, 4.69) is 15.4 Å². The minimum absolute atomic E-state index is 0.0981. The molecule has 1 amide bonds. The van der Waals surface area contributed by atoms with Crippen molar-refractivity contribution in [3.8, 4) is 0 Å². The molecule has 0 saturated carbocycles. The molecule has 3 rings (SSSR count). The first-order valence-corrected chi connectivity index (χ1v) is 10.3. The van der Waals surface area contributed by atoms with Crippen LogP contribution in [0.4, 0.5) is 11.4 Å². The Hall–Kier alpha value is -3.42. The van der Waals surface area contributed by atoms with Crippen LogP contribution >= 0.6 is 0 Å². The summed E-state index contributed by atoms with van der Waals surface area (Å²) in [4.78, 5) is 31.7. The van der Waals surface area contributed by atoms with Crippen molar-refractivity contribution >= 4 is 34.3 Å². The van der Waals surface area contributed by atoms with E-state index < -0.39 is 11.9 Å². The van der Waals surface area contributed by atoms with Gasteiger partial charge in [-0.3, -0.25) is 4.79 Å².